The van der Waals surface area contributed by atoms with Gasteiger partial charge in [-0.05, 0) is 37.1 Å². The number of hydrogen-bond acceptors (Lipinski definition) is 5. The second-order valence-electron chi connectivity index (χ2n) is 5.71. The summed E-state index contributed by atoms with van der Waals surface area (Å²) in [6.45, 7) is 4.66. The molecule has 6 heteroatoms. The zero-order valence-electron chi connectivity index (χ0n) is 15.1. The Morgan fingerprint density at radius 2 is 1.96 bits per heavy atom. The number of methoxy groups -OCH3 is 1. The number of aliphatic hydroxyl groups is 1. The molecule has 1 aromatic carbocycles. The molecule has 0 saturated heterocycles. The molecule has 0 aromatic heterocycles. The van der Waals surface area contributed by atoms with Crippen molar-refractivity contribution in [2.75, 3.05) is 26.8 Å². The molecule has 0 fully saturated rings. The third-order valence-electron chi connectivity index (χ3n) is 3.38. The Balaban J connectivity index is 2.67. The number of esters is 1. The number of nitrogens with zero attached hydrogens (tertiary/aromatic N) is 1. The van der Waals surface area contributed by atoms with Gasteiger partial charge in [-0.25, -0.2) is 0 Å². The summed E-state index contributed by atoms with van der Waals surface area (Å²) in [5, 5.41) is 9.53. The Morgan fingerprint density at radius 1 is 1.28 bits per heavy atom. The van der Waals surface area contributed by atoms with Gasteiger partial charge < -0.3 is 19.5 Å². The van der Waals surface area contributed by atoms with Crippen LogP contribution >= 0.6 is 0 Å². The van der Waals surface area contributed by atoms with Gasteiger partial charge in [0.05, 0.1) is 26.2 Å². The number of ether oxygens (including phenoxy) is 2. The summed E-state index contributed by atoms with van der Waals surface area (Å²) in [6.07, 6.45) is 3.48. The molecule has 1 N–H and O–H groups in total. The molecule has 138 valence electrons. The minimum atomic E-state index is -0.676. The minimum Gasteiger partial charge on any atom is -0.494 e. The molecule has 0 aliphatic heterocycles. The highest BCUT2D eigenvalue weighted by atomic mass is 16.5. The van der Waals surface area contributed by atoms with Crippen molar-refractivity contribution in [2.45, 2.75) is 32.8 Å². The first-order chi connectivity index (χ1) is 12.0. The Bertz CT molecular complexity index is 566. The van der Waals surface area contributed by atoms with E-state index in [4.69, 9.17) is 4.74 Å². The molecule has 25 heavy (non-hydrogen) atoms. The van der Waals surface area contributed by atoms with Crippen LogP contribution in [0.2, 0.25) is 0 Å². The zero-order chi connectivity index (χ0) is 18.7. The van der Waals surface area contributed by atoms with E-state index in [-0.39, 0.29) is 25.4 Å². The van der Waals surface area contributed by atoms with Gasteiger partial charge in [0.25, 0.3) is 0 Å². The van der Waals surface area contributed by atoms with Gasteiger partial charge in [-0.15, -0.1) is 0 Å². The van der Waals surface area contributed by atoms with E-state index < -0.39 is 12.1 Å². The maximum absolute atomic E-state index is 12.3. The summed E-state index contributed by atoms with van der Waals surface area (Å²) in [7, 11) is 1.30. The van der Waals surface area contributed by atoms with Crippen molar-refractivity contribution in [3.05, 3.63) is 35.9 Å². The summed E-state index contributed by atoms with van der Waals surface area (Å²) in [5.74, 6) is 0.130. The number of rotatable bonds is 10. The van der Waals surface area contributed by atoms with E-state index in [2.05, 4.69) is 4.74 Å². The first-order valence-electron chi connectivity index (χ1n) is 8.41. The fourth-order valence-electron chi connectivity index (χ4n) is 2.11. The van der Waals surface area contributed by atoms with Crippen LogP contribution in [0.4, 0.5) is 0 Å². The van der Waals surface area contributed by atoms with Crippen LogP contribution in [-0.2, 0) is 14.3 Å². The lowest BCUT2D eigenvalue weighted by Crippen LogP contribution is -2.37. The second-order valence-corrected chi connectivity index (χ2v) is 5.71. The van der Waals surface area contributed by atoms with Crippen molar-refractivity contribution in [2.24, 2.45) is 0 Å². The Hall–Kier alpha value is -2.34. The molecule has 0 radical (unpaired) electrons. The van der Waals surface area contributed by atoms with Gasteiger partial charge in [-0.3, -0.25) is 9.59 Å². The molecule has 1 rings (SSSR count). The zero-order valence-corrected chi connectivity index (χ0v) is 15.1. The Labute approximate surface area is 149 Å². The van der Waals surface area contributed by atoms with Crippen molar-refractivity contribution in [1.29, 1.82) is 0 Å². The molecule has 0 aliphatic carbocycles. The van der Waals surface area contributed by atoms with E-state index in [1.54, 1.807) is 13.0 Å². The third kappa shape index (κ3) is 8.35. The molecule has 1 amide bonds. The summed E-state index contributed by atoms with van der Waals surface area (Å²) >= 11 is 0. The van der Waals surface area contributed by atoms with Crippen LogP contribution in [0.15, 0.2) is 30.3 Å². The predicted molar refractivity (Wildman–Crippen MR) is 96.2 cm³/mol. The minimum absolute atomic E-state index is 0.0895. The van der Waals surface area contributed by atoms with Gasteiger partial charge >= 0.3 is 5.97 Å². The highest BCUT2D eigenvalue weighted by Gasteiger charge is 2.15. The molecule has 0 saturated carbocycles. The van der Waals surface area contributed by atoms with Crippen LogP contribution in [-0.4, -0.2) is 54.8 Å². The van der Waals surface area contributed by atoms with Crippen LogP contribution in [0.5, 0.6) is 5.75 Å². The first-order valence-corrected chi connectivity index (χ1v) is 8.41. The lowest BCUT2D eigenvalue weighted by Gasteiger charge is -2.22. The van der Waals surface area contributed by atoms with E-state index in [1.165, 1.54) is 18.1 Å². The quantitative estimate of drug-likeness (QED) is 0.518. The normalized spacial score (nSPS) is 12.0. The summed E-state index contributed by atoms with van der Waals surface area (Å²) in [6, 6.07) is 7.43. The fraction of sp³-hybridized carbons (Fsp3) is 0.474. The predicted octanol–water partition coefficient (Wildman–Crippen LogP) is 2.26. The Kier molecular flexibility index (Phi) is 9.32. The highest BCUT2D eigenvalue weighted by Crippen LogP contribution is 2.13. The van der Waals surface area contributed by atoms with Gasteiger partial charge in [-0.2, -0.15) is 0 Å². The number of hydrogen-bond donors (Lipinski definition) is 1. The molecule has 0 spiro atoms. The fourth-order valence-corrected chi connectivity index (χ4v) is 2.11. The van der Waals surface area contributed by atoms with E-state index in [0.717, 1.165) is 17.7 Å². The molecular formula is C19H27NO5. The Morgan fingerprint density at radius 3 is 2.52 bits per heavy atom. The molecule has 1 unspecified atom stereocenters. The lowest BCUT2D eigenvalue weighted by molar-refractivity contribution is -0.141. The number of carbonyl (C=O) groups is 2. The average molecular weight is 349 g/mol. The van der Waals surface area contributed by atoms with Crippen LogP contribution in [0.1, 0.15) is 32.3 Å². The molecule has 1 aromatic rings. The van der Waals surface area contributed by atoms with Gasteiger partial charge in [0.2, 0.25) is 5.91 Å². The number of amides is 1. The largest absolute Gasteiger partial charge is 0.494 e. The molecule has 0 aliphatic rings. The van der Waals surface area contributed by atoms with Crippen LogP contribution in [0.3, 0.4) is 0 Å². The number of aliphatic hydroxyl groups excluding tert-OH is 1. The summed E-state index contributed by atoms with van der Waals surface area (Å²) < 4.78 is 10.1. The number of carbonyl (C=O) groups excluding carboxylic acids is 2. The van der Waals surface area contributed by atoms with Crippen LogP contribution < -0.4 is 4.74 Å². The molecule has 1 atom stereocenters. The van der Waals surface area contributed by atoms with Crippen LogP contribution in [0, 0.1) is 0 Å². The van der Waals surface area contributed by atoms with Crippen molar-refractivity contribution in [3.8, 4) is 5.75 Å². The van der Waals surface area contributed by atoms with Gasteiger partial charge in [0, 0.05) is 19.2 Å². The number of benzene rings is 1. The van der Waals surface area contributed by atoms with Crippen molar-refractivity contribution in [3.63, 3.8) is 0 Å². The van der Waals surface area contributed by atoms with Crippen LogP contribution in [0.25, 0.3) is 6.08 Å². The smallest absolute Gasteiger partial charge is 0.307 e. The highest BCUT2D eigenvalue weighted by molar-refractivity contribution is 5.92. The van der Waals surface area contributed by atoms with Gasteiger partial charge in [-0.1, -0.05) is 19.1 Å². The lowest BCUT2D eigenvalue weighted by atomic mass is 10.2. The second kappa shape index (κ2) is 11.3. The van der Waals surface area contributed by atoms with Crippen molar-refractivity contribution < 1.29 is 24.2 Å². The molecule has 0 heterocycles. The van der Waals surface area contributed by atoms with Gasteiger partial charge in [0.1, 0.15) is 5.75 Å². The first kappa shape index (κ1) is 20.7. The SMILES string of the molecule is CCCOc1ccc(/C=C/C(=O)N(CCC(=O)OC)CC(C)O)cc1. The summed E-state index contributed by atoms with van der Waals surface area (Å²) in [4.78, 5) is 25.0. The van der Waals surface area contributed by atoms with E-state index in [0.29, 0.717) is 6.61 Å². The third-order valence-corrected chi connectivity index (χ3v) is 3.38. The van der Waals surface area contributed by atoms with E-state index in [1.807, 2.05) is 31.2 Å². The topological polar surface area (TPSA) is 76.1 Å². The van der Waals surface area contributed by atoms with Crippen molar-refractivity contribution >= 4 is 18.0 Å². The van der Waals surface area contributed by atoms with E-state index >= 15 is 0 Å². The maximum atomic E-state index is 12.3. The molecule has 0 bridgehead atoms. The molecular weight excluding hydrogens is 322 g/mol. The molecule has 6 nitrogen and oxygen atoms in total. The maximum Gasteiger partial charge on any atom is 0.307 e. The average Bonchev–Trinajstić information content (AvgIpc) is 2.61. The van der Waals surface area contributed by atoms with E-state index in [9.17, 15) is 14.7 Å². The van der Waals surface area contributed by atoms with Gasteiger partial charge in [0.15, 0.2) is 0 Å². The monoisotopic (exact) mass is 349 g/mol. The summed E-state index contributed by atoms with van der Waals surface area (Å²) in [5.41, 5.74) is 0.863. The standard InChI is InChI=1S/C19H27NO5/c1-4-13-25-17-8-5-16(6-9-17)7-10-18(22)20(14-15(2)21)12-11-19(23)24-3/h5-10,15,21H,4,11-14H2,1-3H3/b10-7+. The van der Waals surface area contributed by atoms with Crippen molar-refractivity contribution in [1.82, 2.24) is 4.90 Å².